The van der Waals surface area contributed by atoms with E-state index in [1.165, 1.54) is 20.3 Å². The zero-order valence-electron chi connectivity index (χ0n) is 17.0. The number of hydrogen-bond donors (Lipinski definition) is 1. The molecule has 2 aromatic rings. The van der Waals surface area contributed by atoms with Crippen LogP contribution in [0.15, 0.2) is 35.9 Å². The van der Waals surface area contributed by atoms with Gasteiger partial charge < -0.3 is 19.5 Å². The maximum absolute atomic E-state index is 12.6. The van der Waals surface area contributed by atoms with Crippen molar-refractivity contribution in [3.8, 4) is 17.6 Å². The number of carbonyl (C=O) groups is 2. The number of hydrogen-bond acceptors (Lipinski definition) is 6. The van der Waals surface area contributed by atoms with Crippen LogP contribution >= 0.6 is 22.6 Å². The van der Waals surface area contributed by atoms with E-state index in [0.29, 0.717) is 26.3 Å². The predicted octanol–water partition coefficient (Wildman–Crippen LogP) is 4.01. The lowest BCUT2D eigenvalue weighted by atomic mass is 10.1. The van der Waals surface area contributed by atoms with Gasteiger partial charge in [0.15, 0.2) is 18.1 Å². The number of rotatable bonds is 7. The lowest BCUT2D eigenvalue weighted by molar-refractivity contribution is -0.142. The molecule has 30 heavy (non-hydrogen) atoms. The van der Waals surface area contributed by atoms with Crippen LogP contribution in [0.25, 0.3) is 6.08 Å². The minimum Gasteiger partial charge on any atom is -0.493 e. The Morgan fingerprint density at radius 1 is 1.20 bits per heavy atom. The van der Waals surface area contributed by atoms with Gasteiger partial charge in [-0.2, -0.15) is 5.26 Å². The molecular weight excluding hydrogens is 499 g/mol. The van der Waals surface area contributed by atoms with Gasteiger partial charge in [-0.15, -0.1) is 0 Å². The molecule has 1 amide bonds. The zero-order chi connectivity index (χ0) is 22.3. The first-order chi connectivity index (χ1) is 14.3. The summed E-state index contributed by atoms with van der Waals surface area (Å²) < 4.78 is 16.0. The van der Waals surface area contributed by atoms with Crippen molar-refractivity contribution < 1.29 is 23.8 Å². The van der Waals surface area contributed by atoms with Crippen molar-refractivity contribution in [1.29, 1.82) is 5.26 Å². The lowest BCUT2D eigenvalue weighted by Crippen LogP contribution is -2.14. The van der Waals surface area contributed by atoms with Gasteiger partial charge in [0.1, 0.15) is 11.6 Å². The van der Waals surface area contributed by atoms with Crippen LogP contribution in [0.2, 0.25) is 0 Å². The zero-order valence-corrected chi connectivity index (χ0v) is 19.2. The second-order valence-corrected chi connectivity index (χ2v) is 7.50. The molecule has 0 bridgehead atoms. The molecule has 156 valence electrons. The number of amides is 1. The molecule has 7 nitrogen and oxygen atoms in total. The van der Waals surface area contributed by atoms with Gasteiger partial charge >= 0.3 is 5.97 Å². The predicted molar refractivity (Wildman–Crippen MR) is 121 cm³/mol. The molecule has 0 aromatic heterocycles. The average Bonchev–Trinajstić information content (AvgIpc) is 2.72. The van der Waals surface area contributed by atoms with Crippen molar-refractivity contribution in [2.45, 2.75) is 13.8 Å². The van der Waals surface area contributed by atoms with E-state index in [1.54, 1.807) is 12.1 Å². The van der Waals surface area contributed by atoms with Crippen LogP contribution in [-0.2, 0) is 14.3 Å². The number of benzene rings is 2. The van der Waals surface area contributed by atoms with Crippen molar-refractivity contribution in [2.75, 3.05) is 26.1 Å². The molecular formula is C22H21IN2O5. The maximum Gasteiger partial charge on any atom is 0.343 e. The molecule has 0 spiro atoms. The third kappa shape index (κ3) is 5.97. The Bertz CT molecular complexity index is 1040. The van der Waals surface area contributed by atoms with Gasteiger partial charge in [-0.25, -0.2) is 4.79 Å². The minimum absolute atomic E-state index is 0.0583. The van der Waals surface area contributed by atoms with E-state index in [1.807, 2.05) is 60.7 Å². The molecule has 0 atom stereocenters. The number of halogens is 1. The summed E-state index contributed by atoms with van der Waals surface area (Å²) in [5, 5.41) is 12.3. The number of nitrogens with one attached hydrogen (secondary N) is 1. The molecule has 0 saturated carbocycles. The average molecular weight is 520 g/mol. The highest BCUT2D eigenvalue weighted by Gasteiger charge is 2.15. The van der Waals surface area contributed by atoms with E-state index < -0.39 is 11.9 Å². The van der Waals surface area contributed by atoms with Crippen LogP contribution in [0, 0.1) is 28.7 Å². The topological polar surface area (TPSA) is 97.7 Å². The first-order valence-corrected chi connectivity index (χ1v) is 9.94. The van der Waals surface area contributed by atoms with Crippen LogP contribution in [0.1, 0.15) is 16.7 Å². The van der Waals surface area contributed by atoms with Crippen LogP contribution in [0.5, 0.6) is 11.5 Å². The summed E-state index contributed by atoms with van der Waals surface area (Å²) in [6.07, 6.45) is 1.47. The van der Waals surface area contributed by atoms with Crippen molar-refractivity contribution >= 4 is 46.2 Å². The fourth-order valence-electron chi connectivity index (χ4n) is 2.53. The number of aryl methyl sites for hydroxylation is 2. The van der Waals surface area contributed by atoms with Crippen molar-refractivity contribution in [3.05, 3.63) is 56.2 Å². The summed E-state index contributed by atoms with van der Waals surface area (Å²) in [4.78, 5) is 24.0. The largest absolute Gasteiger partial charge is 0.493 e. The van der Waals surface area contributed by atoms with Crippen LogP contribution in [0.4, 0.5) is 5.69 Å². The quantitative estimate of drug-likeness (QED) is 0.257. The normalized spacial score (nSPS) is 10.7. The van der Waals surface area contributed by atoms with Gasteiger partial charge in [-0.05, 0) is 77.4 Å². The molecule has 1 N–H and O–H groups in total. The molecule has 2 aromatic carbocycles. The molecule has 0 aliphatic rings. The van der Waals surface area contributed by atoms with Gasteiger partial charge in [0, 0.05) is 5.69 Å². The van der Waals surface area contributed by atoms with Crippen LogP contribution < -0.4 is 14.8 Å². The van der Waals surface area contributed by atoms with E-state index in [-0.39, 0.29) is 12.2 Å². The molecule has 0 saturated heterocycles. The Labute approximate surface area is 188 Å². The molecule has 8 heteroatoms. The molecule has 0 fully saturated rings. The van der Waals surface area contributed by atoms with Gasteiger partial charge in [0.25, 0.3) is 5.91 Å². The smallest absolute Gasteiger partial charge is 0.343 e. The Hall–Kier alpha value is -3.06. The Morgan fingerprint density at radius 3 is 2.57 bits per heavy atom. The van der Waals surface area contributed by atoms with E-state index >= 15 is 0 Å². The molecule has 0 aliphatic heterocycles. The molecule has 0 radical (unpaired) electrons. The maximum atomic E-state index is 12.6. The van der Waals surface area contributed by atoms with Crippen molar-refractivity contribution in [2.24, 2.45) is 0 Å². The molecule has 2 rings (SSSR count). The fraction of sp³-hybridized carbons (Fsp3) is 0.227. The van der Waals surface area contributed by atoms with Gasteiger partial charge in [0.05, 0.1) is 17.8 Å². The fourth-order valence-corrected chi connectivity index (χ4v) is 3.31. The number of methoxy groups -OCH3 is 2. The van der Waals surface area contributed by atoms with Crippen LogP contribution in [-0.4, -0.2) is 32.7 Å². The van der Waals surface area contributed by atoms with E-state index in [4.69, 9.17) is 9.47 Å². The second kappa shape index (κ2) is 10.6. The number of nitriles is 1. The Kier molecular flexibility index (Phi) is 8.24. The Morgan fingerprint density at radius 2 is 1.93 bits per heavy atom. The van der Waals surface area contributed by atoms with Crippen LogP contribution in [0.3, 0.4) is 0 Å². The molecule has 0 unspecified atom stereocenters. The minimum atomic E-state index is -0.522. The second-order valence-electron chi connectivity index (χ2n) is 6.34. The number of esters is 1. The summed E-state index contributed by atoms with van der Waals surface area (Å²) in [6.45, 7) is 3.54. The number of anilines is 1. The van der Waals surface area contributed by atoms with Crippen molar-refractivity contribution in [1.82, 2.24) is 0 Å². The lowest BCUT2D eigenvalue weighted by Gasteiger charge is -2.13. The summed E-state index contributed by atoms with van der Waals surface area (Å²) in [5.74, 6) is -0.291. The summed E-state index contributed by atoms with van der Waals surface area (Å²) >= 11 is 2.03. The van der Waals surface area contributed by atoms with Gasteiger partial charge in [-0.1, -0.05) is 12.1 Å². The highest BCUT2D eigenvalue weighted by Crippen LogP contribution is 2.34. The van der Waals surface area contributed by atoms with E-state index in [9.17, 15) is 14.9 Å². The van der Waals surface area contributed by atoms with E-state index in [0.717, 1.165) is 11.1 Å². The molecule has 0 heterocycles. The first kappa shape index (κ1) is 23.2. The highest BCUT2D eigenvalue weighted by atomic mass is 127. The first-order valence-electron chi connectivity index (χ1n) is 8.86. The summed E-state index contributed by atoms with van der Waals surface area (Å²) in [6, 6.07) is 11.0. The van der Waals surface area contributed by atoms with Crippen molar-refractivity contribution in [3.63, 3.8) is 0 Å². The third-order valence-corrected chi connectivity index (χ3v) is 4.93. The number of ether oxygens (including phenoxy) is 3. The Balaban J connectivity index is 2.31. The third-order valence-electron chi connectivity index (χ3n) is 4.13. The SMILES string of the molecule is COC(=O)COc1c(I)cc(/C=C(\C#N)C(=O)Nc2cc(C)ccc2C)cc1OC. The molecule has 0 aliphatic carbocycles. The summed E-state index contributed by atoms with van der Waals surface area (Å²) in [5.41, 5.74) is 3.07. The van der Waals surface area contributed by atoms with Gasteiger partial charge in [-0.3, -0.25) is 4.79 Å². The number of carbonyl (C=O) groups excluding carboxylic acids is 2. The standard InChI is InChI=1S/C22H21IN2O5/c1-13-5-6-14(2)18(7-13)25-22(27)16(11-24)8-15-9-17(23)21(19(10-15)28-3)30-12-20(26)29-4/h5-10H,12H2,1-4H3,(H,25,27)/b16-8+. The monoisotopic (exact) mass is 520 g/mol. The van der Waals surface area contributed by atoms with E-state index in [2.05, 4.69) is 10.1 Å². The summed E-state index contributed by atoms with van der Waals surface area (Å²) in [7, 11) is 2.73. The number of nitrogens with zero attached hydrogens (tertiary/aromatic N) is 1. The van der Waals surface area contributed by atoms with Gasteiger partial charge in [0.2, 0.25) is 0 Å². The highest BCUT2D eigenvalue weighted by molar-refractivity contribution is 14.1.